The average molecular weight is 252 g/mol. The van der Waals surface area contributed by atoms with E-state index in [2.05, 4.69) is 26.7 Å². The lowest BCUT2D eigenvalue weighted by molar-refractivity contribution is 0.839. The molecule has 19 heavy (non-hydrogen) atoms. The van der Waals surface area contributed by atoms with Crippen LogP contribution in [-0.2, 0) is 6.42 Å². The maximum atomic E-state index is 5.64. The molecule has 0 saturated heterocycles. The number of hydrogen-bond donors (Lipinski definition) is 1. The first-order chi connectivity index (χ1) is 9.29. The lowest BCUT2D eigenvalue weighted by atomic mass is 10.1. The third kappa shape index (κ3) is 2.11. The summed E-state index contributed by atoms with van der Waals surface area (Å²) < 4.78 is 2.10. The van der Waals surface area contributed by atoms with Crippen molar-refractivity contribution in [2.75, 3.05) is 6.54 Å². The Kier molecular flexibility index (Phi) is 3.01. The summed E-state index contributed by atoms with van der Waals surface area (Å²) in [4.78, 5) is 8.94. The number of rotatable bonds is 3. The molecule has 4 nitrogen and oxygen atoms in total. The maximum absolute atomic E-state index is 5.64. The van der Waals surface area contributed by atoms with E-state index >= 15 is 0 Å². The van der Waals surface area contributed by atoms with E-state index in [9.17, 15) is 0 Å². The Labute approximate surface area is 111 Å². The highest BCUT2D eigenvalue weighted by Crippen LogP contribution is 2.23. The quantitative estimate of drug-likeness (QED) is 0.777. The number of nitrogens with zero attached hydrogens (tertiary/aromatic N) is 3. The summed E-state index contributed by atoms with van der Waals surface area (Å²) in [5.41, 5.74) is 8.76. The molecule has 0 bridgehead atoms. The Morgan fingerprint density at radius 1 is 1.26 bits per heavy atom. The summed E-state index contributed by atoms with van der Waals surface area (Å²) in [6.45, 7) is 2.61. The van der Waals surface area contributed by atoms with Crippen molar-refractivity contribution in [2.24, 2.45) is 5.73 Å². The average Bonchev–Trinajstić information content (AvgIpc) is 2.86. The highest BCUT2D eigenvalue weighted by atomic mass is 15.1. The molecule has 2 aromatic heterocycles. The van der Waals surface area contributed by atoms with Gasteiger partial charge in [-0.15, -0.1) is 0 Å². The van der Waals surface area contributed by atoms with Gasteiger partial charge in [0.2, 0.25) is 0 Å². The predicted octanol–water partition coefficient (Wildman–Crippen LogP) is 2.23. The molecule has 3 aromatic rings. The van der Waals surface area contributed by atoms with Gasteiger partial charge in [0, 0.05) is 29.9 Å². The summed E-state index contributed by atoms with van der Waals surface area (Å²) in [7, 11) is 0. The van der Waals surface area contributed by atoms with E-state index in [0.717, 1.165) is 34.5 Å². The highest BCUT2D eigenvalue weighted by Gasteiger charge is 2.09. The lowest BCUT2D eigenvalue weighted by Crippen LogP contribution is -2.09. The number of hydrogen-bond acceptors (Lipinski definition) is 3. The number of benzene rings is 1. The minimum atomic E-state index is 0.596. The fraction of sp³-hybridized carbons (Fsp3) is 0.200. The van der Waals surface area contributed by atoms with Crippen LogP contribution in [0.3, 0.4) is 0 Å². The second-order valence-corrected chi connectivity index (χ2v) is 4.55. The van der Waals surface area contributed by atoms with Gasteiger partial charge in [0.1, 0.15) is 5.82 Å². The number of nitrogens with two attached hydrogens (primary N) is 1. The van der Waals surface area contributed by atoms with Crippen molar-refractivity contribution in [3.05, 3.63) is 54.2 Å². The van der Waals surface area contributed by atoms with E-state index in [1.165, 1.54) is 0 Å². The Bertz CT molecular complexity index is 715. The van der Waals surface area contributed by atoms with Crippen LogP contribution in [0.15, 0.2) is 42.7 Å². The molecule has 96 valence electrons. The third-order valence-electron chi connectivity index (χ3n) is 3.17. The van der Waals surface area contributed by atoms with E-state index in [4.69, 9.17) is 5.73 Å². The van der Waals surface area contributed by atoms with Gasteiger partial charge < -0.3 is 10.3 Å². The molecular weight excluding hydrogens is 236 g/mol. The van der Waals surface area contributed by atoms with Gasteiger partial charge in [-0.25, -0.2) is 4.98 Å². The number of aryl methyl sites for hydroxylation is 1. The van der Waals surface area contributed by atoms with Crippen LogP contribution < -0.4 is 5.73 Å². The molecule has 3 rings (SSSR count). The van der Waals surface area contributed by atoms with Gasteiger partial charge in [-0.1, -0.05) is 18.2 Å². The molecule has 0 amide bonds. The van der Waals surface area contributed by atoms with E-state index in [0.29, 0.717) is 6.54 Å². The topological polar surface area (TPSA) is 56.7 Å². The smallest absolute Gasteiger partial charge is 0.114 e. The van der Waals surface area contributed by atoms with Crippen LogP contribution in [0, 0.1) is 6.92 Å². The van der Waals surface area contributed by atoms with Crippen molar-refractivity contribution >= 4 is 10.9 Å². The first-order valence-electron chi connectivity index (χ1n) is 6.38. The number of fused-ring (bicyclic) bond motifs is 1. The first kappa shape index (κ1) is 11.9. The molecule has 0 radical (unpaired) electrons. The van der Waals surface area contributed by atoms with Gasteiger partial charge in [0.15, 0.2) is 0 Å². The SMILES string of the molecule is Cc1cc(-n2ccnc2CCN)c2ccccc2n1. The Morgan fingerprint density at radius 2 is 2.11 bits per heavy atom. The van der Waals surface area contributed by atoms with Gasteiger partial charge in [-0.05, 0) is 25.6 Å². The van der Waals surface area contributed by atoms with Crippen LogP contribution in [0.5, 0.6) is 0 Å². The summed E-state index contributed by atoms with van der Waals surface area (Å²) in [5, 5.41) is 1.13. The molecular formula is C15H16N4. The van der Waals surface area contributed by atoms with Crippen LogP contribution in [0.4, 0.5) is 0 Å². The zero-order chi connectivity index (χ0) is 13.2. The molecule has 2 N–H and O–H groups in total. The Hall–Kier alpha value is -2.20. The largest absolute Gasteiger partial charge is 0.330 e. The minimum Gasteiger partial charge on any atom is -0.330 e. The molecule has 0 saturated carbocycles. The third-order valence-corrected chi connectivity index (χ3v) is 3.17. The zero-order valence-electron chi connectivity index (χ0n) is 10.9. The fourth-order valence-electron chi connectivity index (χ4n) is 2.35. The summed E-state index contributed by atoms with van der Waals surface area (Å²) in [5.74, 6) is 0.984. The Balaban J connectivity index is 2.26. The van der Waals surface area contributed by atoms with Crippen molar-refractivity contribution in [1.82, 2.24) is 14.5 Å². The monoisotopic (exact) mass is 252 g/mol. The molecule has 2 heterocycles. The molecule has 0 aliphatic heterocycles. The molecule has 0 spiro atoms. The van der Waals surface area contributed by atoms with E-state index < -0.39 is 0 Å². The van der Waals surface area contributed by atoms with Crippen LogP contribution >= 0.6 is 0 Å². The van der Waals surface area contributed by atoms with Crippen molar-refractivity contribution < 1.29 is 0 Å². The molecule has 0 aliphatic rings. The molecule has 0 fully saturated rings. The zero-order valence-corrected chi connectivity index (χ0v) is 10.9. The van der Waals surface area contributed by atoms with Gasteiger partial charge in [0.25, 0.3) is 0 Å². The number of pyridine rings is 1. The molecule has 4 heteroatoms. The van der Waals surface area contributed by atoms with Crippen LogP contribution in [0.2, 0.25) is 0 Å². The predicted molar refractivity (Wildman–Crippen MR) is 76.4 cm³/mol. The lowest BCUT2D eigenvalue weighted by Gasteiger charge is -2.11. The van der Waals surface area contributed by atoms with Gasteiger partial charge in [0.05, 0.1) is 11.2 Å². The number of aromatic nitrogens is 3. The fourth-order valence-corrected chi connectivity index (χ4v) is 2.35. The van der Waals surface area contributed by atoms with Crippen molar-refractivity contribution in [2.45, 2.75) is 13.3 Å². The number of para-hydroxylation sites is 1. The van der Waals surface area contributed by atoms with Crippen molar-refractivity contribution in [3.8, 4) is 5.69 Å². The second-order valence-electron chi connectivity index (χ2n) is 4.55. The van der Waals surface area contributed by atoms with E-state index in [1.54, 1.807) is 0 Å². The van der Waals surface area contributed by atoms with Gasteiger partial charge >= 0.3 is 0 Å². The maximum Gasteiger partial charge on any atom is 0.114 e. The summed E-state index contributed by atoms with van der Waals surface area (Å²) in [6, 6.07) is 10.2. The van der Waals surface area contributed by atoms with Crippen molar-refractivity contribution in [3.63, 3.8) is 0 Å². The van der Waals surface area contributed by atoms with Crippen LogP contribution in [-0.4, -0.2) is 21.1 Å². The van der Waals surface area contributed by atoms with Gasteiger partial charge in [-0.2, -0.15) is 0 Å². The van der Waals surface area contributed by atoms with Crippen LogP contribution in [0.25, 0.3) is 16.6 Å². The second kappa shape index (κ2) is 4.82. The summed E-state index contributed by atoms with van der Waals surface area (Å²) in [6.07, 6.45) is 4.56. The highest BCUT2D eigenvalue weighted by molar-refractivity contribution is 5.87. The minimum absolute atomic E-state index is 0.596. The Morgan fingerprint density at radius 3 is 2.95 bits per heavy atom. The normalized spacial score (nSPS) is 11.1. The molecule has 0 unspecified atom stereocenters. The summed E-state index contributed by atoms with van der Waals surface area (Å²) >= 11 is 0. The molecule has 1 aromatic carbocycles. The molecule has 0 aliphatic carbocycles. The van der Waals surface area contributed by atoms with E-state index in [-0.39, 0.29) is 0 Å². The standard InChI is InChI=1S/C15H16N4/c1-11-10-14(12-4-2-3-5-13(12)18-11)19-9-8-17-15(19)6-7-16/h2-5,8-10H,6-7,16H2,1H3. The van der Waals surface area contributed by atoms with Crippen LogP contribution in [0.1, 0.15) is 11.5 Å². The van der Waals surface area contributed by atoms with E-state index in [1.807, 2.05) is 37.5 Å². The molecule has 0 atom stereocenters. The first-order valence-corrected chi connectivity index (χ1v) is 6.38. The van der Waals surface area contributed by atoms with Crippen molar-refractivity contribution in [1.29, 1.82) is 0 Å². The van der Waals surface area contributed by atoms with Gasteiger partial charge in [-0.3, -0.25) is 4.98 Å². The number of imidazole rings is 1.